The predicted molar refractivity (Wildman–Crippen MR) is 125 cm³/mol. The minimum atomic E-state index is -0.221. The van der Waals surface area contributed by atoms with Gasteiger partial charge in [-0.15, -0.1) is 0 Å². The van der Waals surface area contributed by atoms with Gasteiger partial charge in [-0.05, 0) is 61.8 Å². The average Bonchev–Trinajstić information content (AvgIpc) is 3.45. The van der Waals surface area contributed by atoms with Gasteiger partial charge >= 0.3 is 0 Å². The number of aromatic amines is 1. The zero-order valence-corrected chi connectivity index (χ0v) is 18.4. The van der Waals surface area contributed by atoms with Crippen molar-refractivity contribution < 1.29 is 14.3 Å². The third kappa shape index (κ3) is 4.02. The smallest absolute Gasteiger partial charge is 0.257 e. The number of aryl methyl sites for hydroxylation is 1. The lowest BCUT2D eigenvalue weighted by Gasteiger charge is -2.17. The average molecular weight is 432 g/mol. The van der Waals surface area contributed by atoms with Crippen LogP contribution in [0.1, 0.15) is 58.2 Å². The number of para-hydroxylation sites is 2. The summed E-state index contributed by atoms with van der Waals surface area (Å²) in [5.74, 6) is 0.222. The summed E-state index contributed by atoms with van der Waals surface area (Å²) in [5, 5.41) is 7.03. The van der Waals surface area contributed by atoms with Crippen molar-refractivity contribution in [3.63, 3.8) is 0 Å². The summed E-state index contributed by atoms with van der Waals surface area (Å²) in [6, 6.07) is 13.0. The van der Waals surface area contributed by atoms with E-state index in [9.17, 15) is 9.59 Å². The van der Waals surface area contributed by atoms with Crippen LogP contribution in [0.3, 0.4) is 0 Å². The zero-order valence-electron chi connectivity index (χ0n) is 18.4. The molecule has 2 amide bonds. The van der Waals surface area contributed by atoms with Gasteiger partial charge in [-0.1, -0.05) is 31.2 Å². The molecule has 1 aliphatic heterocycles. The van der Waals surface area contributed by atoms with E-state index in [0.29, 0.717) is 29.3 Å². The van der Waals surface area contributed by atoms with E-state index < -0.39 is 0 Å². The first-order valence-corrected chi connectivity index (χ1v) is 11.5. The van der Waals surface area contributed by atoms with Gasteiger partial charge in [0.15, 0.2) is 0 Å². The number of H-pyrrole nitrogens is 1. The van der Waals surface area contributed by atoms with Gasteiger partial charge in [-0.3, -0.25) is 9.59 Å². The maximum absolute atomic E-state index is 13.3. The number of amides is 2. The molecule has 3 N–H and O–H groups in total. The quantitative estimate of drug-likeness (QED) is 0.558. The summed E-state index contributed by atoms with van der Waals surface area (Å²) < 4.78 is 5.59. The number of carbonyl (C=O) groups is 2. The van der Waals surface area contributed by atoms with Gasteiger partial charge < -0.3 is 20.4 Å². The molecule has 0 bridgehead atoms. The SMILES string of the molecule is CC1CCc2[nH]c3c(C(=O)Nc4ccccc4C(=O)NCC4CCCO4)cccc3c2C1. The number of nitrogens with one attached hydrogen (secondary N) is 3. The standard InChI is InChI=1S/C26H29N3O3/c1-16-11-12-23-21(14-16)18-8-4-9-20(24(18)28-23)26(31)29-22-10-3-2-7-19(22)25(30)27-15-17-6-5-13-32-17/h2-4,7-10,16-17,28H,5-6,11-15H2,1H3,(H,27,30)(H,29,31). The van der Waals surface area contributed by atoms with Crippen LogP contribution in [0.5, 0.6) is 0 Å². The fourth-order valence-corrected chi connectivity index (χ4v) is 4.89. The van der Waals surface area contributed by atoms with Crippen molar-refractivity contribution in [2.75, 3.05) is 18.5 Å². The molecule has 32 heavy (non-hydrogen) atoms. The number of carbonyl (C=O) groups excluding carboxylic acids is 2. The molecule has 0 saturated carbocycles. The Hall–Kier alpha value is -3.12. The Morgan fingerprint density at radius 3 is 2.75 bits per heavy atom. The molecular weight excluding hydrogens is 402 g/mol. The molecule has 1 aromatic heterocycles. The van der Waals surface area contributed by atoms with Crippen LogP contribution in [0.4, 0.5) is 5.69 Å². The molecule has 6 heteroatoms. The highest BCUT2D eigenvalue weighted by molar-refractivity contribution is 6.14. The Morgan fingerprint density at radius 1 is 1.06 bits per heavy atom. The third-order valence-corrected chi connectivity index (χ3v) is 6.65. The number of benzene rings is 2. The number of fused-ring (bicyclic) bond motifs is 3. The van der Waals surface area contributed by atoms with Crippen molar-refractivity contribution in [3.8, 4) is 0 Å². The highest BCUT2D eigenvalue weighted by Gasteiger charge is 2.23. The van der Waals surface area contributed by atoms with Crippen molar-refractivity contribution in [2.45, 2.75) is 45.1 Å². The van der Waals surface area contributed by atoms with Gasteiger partial charge in [0.05, 0.1) is 28.4 Å². The number of rotatable bonds is 5. The lowest BCUT2D eigenvalue weighted by atomic mass is 9.87. The monoisotopic (exact) mass is 431 g/mol. The zero-order chi connectivity index (χ0) is 22.1. The highest BCUT2D eigenvalue weighted by atomic mass is 16.5. The second-order valence-electron chi connectivity index (χ2n) is 9.00. The van der Waals surface area contributed by atoms with Gasteiger partial charge in [-0.2, -0.15) is 0 Å². The van der Waals surface area contributed by atoms with Crippen LogP contribution in [0.15, 0.2) is 42.5 Å². The van der Waals surface area contributed by atoms with Gasteiger partial charge in [-0.25, -0.2) is 0 Å². The molecule has 5 rings (SSSR count). The van der Waals surface area contributed by atoms with E-state index in [1.54, 1.807) is 18.2 Å². The molecule has 2 aliphatic rings. The second kappa shape index (κ2) is 8.79. The van der Waals surface area contributed by atoms with Crippen molar-refractivity contribution in [1.29, 1.82) is 0 Å². The molecule has 0 radical (unpaired) electrons. The van der Waals surface area contributed by atoms with Crippen LogP contribution in [-0.2, 0) is 17.6 Å². The van der Waals surface area contributed by atoms with Gasteiger partial charge in [0, 0.05) is 24.2 Å². The van der Waals surface area contributed by atoms with Crippen LogP contribution in [0, 0.1) is 5.92 Å². The van der Waals surface area contributed by atoms with E-state index in [1.807, 2.05) is 18.2 Å². The fraction of sp³-hybridized carbons (Fsp3) is 0.385. The maximum Gasteiger partial charge on any atom is 0.257 e. The fourth-order valence-electron chi connectivity index (χ4n) is 4.89. The molecule has 3 aromatic rings. The van der Waals surface area contributed by atoms with E-state index >= 15 is 0 Å². The summed E-state index contributed by atoms with van der Waals surface area (Å²) >= 11 is 0. The molecule has 2 aromatic carbocycles. The van der Waals surface area contributed by atoms with Crippen molar-refractivity contribution in [3.05, 3.63) is 64.8 Å². The summed E-state index contributed by atoms with van der Waals surface area (Å²) in [7, 11) is 0. The van der Waals surface area contributed by atoms with Crippen LogP contribution in [0.25, 0.3) is 10.9 Å². The first kappa shape index (κ1) is 20.8. The van der Waals surface area contributed by atoms with Crippen molar-refractivity contribution in [1.82, 2.24) is 10.3 Å². The molecule has 0 spiro atoms. The molecule has 2 unspecified atom stereocenters. The first-order chi connectivity index (χ1) is 15.6. The Balaban J connectivity index is 1.38. The van der Waals surface area contributed by atoms with E-state index in [2.05, 4.69) is 28.6 Å². The van der Waals surface area contributed by atoms with E-state index in [0.717, 1.165) is 49.6 Å². The summed E-state index contributed by atoms with van der Waals surface area (Å²) in [4.78, 5) is 29.6. The van der Waals surface area contributed by atoms with Crippen molar-refractivity contribution >= 4 is 28.4 Å². The van der Waals surface area contributed by atoms with Crippen LogP contribution in [0.2, 0.25) is 0 Å². The Bertz CT molecular complexity index is 1160. The maximum atomic E-state index is 13.3. The van der Waals surface area contributed by atoms with Gasteiger partial charge in [0.25, 0.3) is 11.8 Å². The number of hydrogen-bond acceptors (Lipinski definition) is 3. The number of aromatic nitrogens is 1. The second-order valence-corrected chi connectivity index (χ2v) is 9.00. The highest BCUT2D eigenvalue weighted by Crippen LogP contribution is 2.33. The minimum Gasteiger partial charge on any atom is -0.376 e. The lowest BCUT2D eigenvalue weighted by molar-refractivity contribution is 0.0858. The molecule has 1 aliphatic carbocycles. The normalized spacial score (nSPS) is 20.2. The Kier molecular flexibility index (Phi) is 5.70. The molecule has 1 saturated heterocycles. The molecule has 2 atom stereocenters. The predicted octanol–water partition coefficient (Wildman–Crippen LogP) is 4.45. The largest absolute Gasteiger partial charge is 0.376 e. The summed E-state index contributed by atoms with van der Waals surface area (Å²) in [6.07, 6.45) is 5.27. The first-order valence-electron chi connectivity index (χ1n) is 11.5. The number of anilines is 1. The summed E-state index contributed by atoms with van der Waals surface area (Å²) in [6.45, 7) is 3.51. The van der Waals surface area contributed by atoms with E-state index in [1.165, 1.54) is 11.3 Å². The minimum absolute atomic E-state index is 0.0694. The van der Waals surface area contributed by atoms with E-state index in [-0.39, 0.29) is 17.9 Å². The van der Waals surface area contributed by atoms with E-state index in [4.69, 9.17) is 4.74 Å². The van der Waals surface area contributed by atoms with Crippen LogP contribution < -0.4 is 10.6 Å². The Morgan fingerprint density at radius 2 is 1.91 bits per heavy atom. The van der Waals surface area contributed by atoms with Gasteiger partial charge in [0.2, 0.25) is 0 Å². The Labute approximate surface area is 187 Å². The molecule has 166 valence electrons. The number of ether oxygens (including phenoxy) is 1. The molecule has 6 nitrogen and oxygen atoms in total. The number of hydrogen-bond donors (Lipinski definition) is 3. The van der Waals surface area contributed by atoms with Gasteiger partial charge in [0.1, 0.15) is 0 Å². The third-order valence-electron chi connectivity index (χ3n) is 6.65. The van der Waals surface area contributed by atoms with Crippen LogP contribution in [-0.4, -0.2) is 36.1 Å². The molecular formula is C26H29N3O3. The molecule has 1 fully saturated rings. The summed E-state index contributed by atoms with van der Waals surface area (Å²) in [5.41, 5.74) is 5.01. The van der Waals surface area contributed by atoms with Crippen LogP contribution >= 0.6 is 0 Å². The molecule has 2 heterocycles. The van der Waals surface area contributed by atoms with Crippen molar-refractivity contribution in [2.24, 2.45) is 5.92 Å². The topological polar surface area (TPSA) is 83.2 Å². The lowest BCUT2D eigenvalue weighted by Crippen LogP contribution is -2.32.